The second kappa shape index (κ2) is 5.14. The van der Waals surface area contributed by atoms with Gasteiger partial charge in [0.15, 0.2) is 0 Å². The maximum absolute atomic E-state index is 9.64. The number of hydrogen-bond acceptors (Lipinski definition) is 2. The Hall–Kier alpha value is -0.570. The average molecular weight is 192 g/mol. The maximum atomic E-state index is 9.64. The molecular formula is C9H14ClNO. The smallest absolute Gasteiger partial charge is 0.0938 e. The van der Waals surface area contributed by atoms with Crippen molar-refractivity contribution in [2.24, 2.45) is 5.73 Å². The van der Waals surface area contributed by atoms with E-state index in [1.165, 1.54) is 0 Å². The van der Waals surface area contributed by atoms with Crippen molar-refractivity contribution < 1.29 is 9.22 Å². The van der Waals surface area contributed by atoms with Gasteiger partial charge in [-0.15, -0.1) is 12.4 Å². The van der Waals surface area contributed by atoms with Crippen LogP contribution in [0.4, 0.5) is 0 Å². The molecule has 3 heteroatoms. The topological polar surface area (TPSA) is 46.2 Å². The van der Waals surface area contributed by atoms with Crippen LogP contribution in [0.25, 0.3) is 0 Å². The number of aliphatic hydroxyl groups excluding tert-OH is 1. The molecule has 0 amide bonds. The Labute approximate surface area is 83.0 Å². The molecule has 0 fully saturated rings. The minimum absolute atomic E-state index is 0. The highest BCUT2D eigenvalue weighted by Gasteiger charge is 2.10. The number of rotatable bonds is 2. The Bertz CT molecular complexity index is 291. The molecule has 0 spiro atoms. The van der Waals surface area contributed by atoms with Crippen molar-refractivity contribution in [1.29, 1.82) is 0 Å². The molecule has 68 valence electrons. The van der Waals surface area contributed by atoms with Crippen LogP contribution in [0, 0.1) is 0 Å². The molecule has 0 bridgehead atoms. The number of nitrogens with two attached hydrogens (primary N) is 1. The van der Waals surface area contributed by atoms with Gasteiger partial charge >= 0.3 is 0 Å². The quantitative estimate of drug-likeness (QED) is 0.696. The summed E-state index contributed by atoms with van der Waals surface area (Å²) < 4.78 is 21.2. The minimum atomic E-state index is -2.34. The highest BCUT2D eigenvalue weighted by atomic mass is 35.5. The van der Waals surface area contributed by atoms with Crippen LogP contribution in [-0.4, -0.2) is 11.1 Å². The molecule has 0 aliphatic heterocycles. The largest absolute Gasteiger partial charge is 0.387 e. The standard InChI is InChI=1S/C9H13NO.ClH/c1-7(10)9(11)8-5-3-2-4-6-8;/h2-7,9,11H,10H2,1H3;1H/t7-,9-;/m1./s1/i1+1D3;. The van der Waals surface area contributed by atoms with E-state index in [1.54, 1.807) is 30.3 Å². The lowest BCUT2D eigenvalue weighted by Crippen LogP contribution is -2.24. The van der Waals surface area contributed by atoms with E-state index >= 15 is 0 Å². The van der Waals surface area contributed by atoms with Gasteiger partial charge in [0, 0.05) is 10.2 Å². The molecule has 1 aromatic rings. The van der Waals surface area contributed by atoms with Gasteiger partial charge in [-0.3, -0.25) is 0 Å². The summed E-state index contributed by atoms with van der Waals surface area (Å²) in [7, 11) is 0. The van der Waals surface area contributed by atoms with E-state index in [1.807, 2.05) is 0 Å². The van der Waals surface area contributed by atoms with Crippen LogP contribution in [0.2, 0.25) is 0 Å². The molecule has 2 atom stereocenters. The van der Waals surface area contributed by atoms with Gasteiger partial charge in [-0.1, -0.05) is 30.3 Å². The summed E-state index contributed by atoms with van der Waals surface area (Å²) in [5.74, 6) is 0. The van der Waals surface area contributed by atoms with E-state index in [0.717, 1.165) is 0 Å². The predicted octanol–water partition coefficient (Wildman–Crippen LogP) is 1.49. The van der Waals surface area contributed by atoms with Gasteiger partial charge in [0.05, 0.1) is 6.10 Å². The highest BCUT2D eigenvalue weighted by Crippen LogP contribution is 2.13. The molecule has 1 aromatic carbocycles. The molecule has 0 unspecified atom stereocenters. The van der Waals surface area contributed by atoms with Crippen LogP contribution in [0.15, 0.2) is 30.3 Å². The van der Waals surface area contributed by atoms with Crippen molar-refractivity contribution in [1.82, 2.24) is 0 Å². The summed E-state index contributed by atoms with van der Waals surface area (Å²) in [6, 6.07) is 7.30. The molecule has 3 N–H and O–H groups in total. The SMILES string of the molecule is Cl.[2H][13C]([2H])([2H])[C@@H](N)[C@@H](O)c1ccccc1. The van der Waals surface area contributed by atoms with Gasteiger partial charge in [0.2, 0.25) is 0 Å². The molecule has 0 radical (unpaired) electrons. The first-order chi connectivity index (χ1) is 6.43. The summed E-state index contributed by atoms with van der Waals surface area (Å²) in [6.07, 6.45) is -1.15. The highest BCUT2D eigenvalue weighted by molar-refractivity contribution is 5.85. The summed E-state index contributed by atoms with van der Waals surface area (Å²) in [5, 5.41) is 9.64. The molecule has 0 saturated heterocycles. The van der Waals surface area contributed by atoms with Crippen molar-refractivity contribution >= 4 is 12.4 Å². The van der Waals surface area contributed by atoms with Crippen molar-refractivity contribution in [2.75, 3.05) is 0 Å². The summed E-state index contributed by atoms with van der Waals surface area (Å²) in [6.45, 7) is -2.34. The van der Waals surface area contributed by atoms with Gasteiger partial charge in [-0.05, 0) is 12.4 Å². The average Bonchev–Trinajstić information content (AvgIpc) is 2.15. The summed E-state index contributed by atoms with van der Waals surface area (Å²) >= 11 is 0. The first kappa shape index (κ1) is 6.89. The molecule has 0 aromatic heterocycles. The number of benzene rings is 1. The van der Waals surface area contributed by atoms with E-state index in [2.05, 4.69) is 0 Å². The van der Waals surface area contributed by atoms with Crippen molar-refractivity contribution in [3.8, 4) is 0 Å². The van der Waals surface area contributed by atoms with Gasteiger partial charge in [-0.2, -0.15) is 0 Å². The van der Waals surface area contributed by atoms with E-state index in [-0.39, 0.29) is 12.4 Å². The fourth-order valence-corrected chi connectivity index (χ4v) is 0.858. The molecule has 12 heavy (non-hydrogen) atoms. The van der Waals surface area contributed by atoms with Crippen LogP contribution in [0.3, 0.4) is 0 Å². The number of aliphatic hydroxyl groups is 1. The lowest BCUT2D eigenvalue weighted by molar-refractivity contribution is 0.153. The second-order valence-electron chi connectivity index (χ2n) is 2.38. The van der Waals surface area contributed by atoms with Gasteiger partial charge in [0.1, 0.15) is 0 Å². The normalized spacial score (nSPS) is 19.3. The van der Waals surface area contributed by atoms with Gasteiger partial charge < -0.3 is 10.8 Å². The molecule has 0 aliphatic carbocycles. The zero-order valence-electron chi connectivity index (χ0n) is 9.47. The third kappa shape index (κ3) is 2.81. The van der Waals surface area contributed by atoms with E-state index in [9.17, 15) is 5.11 Å². The lowest BCUT2D eigenvalue weighted by Gasteiger charge is -2.13. The third-order valence-electron chi connectivity index (χ3n) is 1.48. The molecule has 0 aliphatic rings. The number of hydrogen-bond donors (Lipinski definition) is 2. The van der Waals surface area contributed by atoms with Crippen molar-refractivity contribution in [3.05, 3.63) is 35.9 Å². The fraction of sp³-hybridized carbons (Fsp3) is 0.333. The fourth-order valence-electron chi connectivity index (χ4n) is 0.858. The molecule has 0 saturated carbocycles. The van der Waals surface area contributed by atoms with Crippen LogP contribution >= 0.6 is 12.4 Å². The Kier molecular flexibility index (Phi) is 2.95. The van der Waals surface area contributed by atoms with Gasteiger partial charge in [-0.25, -0.2) is 0 Å². The monoisotopic (exact) mass is 191 g/mol. The van der Waals surface area contributed by atoms with Crippen LogP contribution in [-0.2, 0) is 0 Å². The predicted molar refractivity (Wildman–Crippen MR) is 52.3 cm³/mol. The molecule has 0 heterocycles. The van der Waals surface area contributed by atoms with E-state index < -0.39 is 19.0 Å². The summed E-state index contributed by atoms with van der Waals surface area (Å²) in [4.78, 5) is 0. The zero-order chi connectivity index (χ0) is 10.8. The van der Waals surface area contributed by atoms with E-state index in [4.69, 9.17) is 9.85 Å². The van der Waals surface area contributed by atoms with Crippen LogP contribution in [0.5, 0.6) is 0 Å². The number of halogens is 1. The van der Waals surface area contributed by atoms with Crippen LogP contribution < -0.4 is 5.73 Å². The Morgan fingerprint density at radius 2 is 2.00 bits per heavy atom. The lowest BCUT2D eigenvalue weighted by atomic mass is 10.1. The Morgan fingerprint density at radius 3 is 2.50 bits per heavy atom. The minimum Gasteiger partial charge on any atom is -0.387 e. The Morgan fingerprint density at radius 1 is 1.42 bits per heavy atom. The second-order valence-corrected chi connectivity index (χ2v) is 2.38. The first-order valence-corrected chi connectivity index (χ1v) is 3.41. The third-order valence-corrected chi connectivity index (χ3v) is 1.48. The zero-order valence-corrected chi connectivity index (χ0v) is 7.29. The van der Waals surface area contributed by atoms with Crippen molar-refractivity contribution in [3.63, 3.8) is 0 Å². The molecule has 2 nitrogen and oxygen atoms in total. The Balaban J connectivity index is 0.00000196. The van der Waals surface area contributed by atoms with E-state index in [0.29, 0.717) is 5.56 Å². The molecular weight excluding hydrogens is 175 g/mol. The summed E-state index contributed by atoms with van der Waals surface area (Å²) in [5.41, 5.74) is 5.94. The first-order valence-electron chi connectivity index (χ1n) is 4.91. The van der Waals surface area contributed by atoms with Gasteiger partial charge in [0.25, 0.3) is 0 Å². The van der Waals surface area contributed by atoms with Crippen molar-refractivity contribution in [2.45, 2.75) is 19.0 Å². The maximum Gasteiger partial charge on any atom is 0.0938 e. The molecule has 1 rings (SSSR count). The van der Waals surface area contributed by atoms with Crippen LogP contribution in [0.1, 0.15) is 22.6 Å².